The molecule has 0 fully saturated rings. The number of halogens is 5. The SMILES string of the molecule is O=C1c2ccc(-n3cnc(Cl)c3)c(=O)n2CCN1CCOc1ccc(Cl)cc1C(F)(F)F. The molecule has 7 nitrogen and oxygen atoms in total. The Kier molecular flexibility index (Phi) is 5.91. The molecule has 3 heterocycles. The summed E-state index contributed by atoms with van der Waals surface area (Å²) in [4.78, 5) is 30.9. The molecule has 1 amide bonds. The summed E-state index contributed by atoms with van der Waals surface area (Å²) >= 11 is 11.5. The molecule has 32 heavy (non-hydrogen) atoms. The van der Waals surface area contributed by atoms with Gasteiger partial charge in [0.15, 0.2) is 0 Å². The zero-order valence-corrected chi connectivity index (χ0v) is 17.8. The van der Waals surface area contributed by atoms with Gasteiger partial charge in [-0.05, 0) is 30.3 Å². The van der Waals surface area contributed by atoms with Gasteiger partial charge in [0.2, 0.25) is 0 Å². The lowest BCUT2D eigenvalue weighted by molar-refractivity contribution is -0.139. The number of nitrogens with zero attached hydrogens (tertiary/aromatic N) is 4. The second kappa shape index (κ2) is 8.51. The standard InChI is InChI=1S/C20H15Cl2F3N4O3/c21-12-1-4-16(13(9-12)20(23,24)25)32-8-7-27-5-6-29-15(18(27)30)3-2-14(19(29)31)28-10-17(22)26-11-28/h1-4,9-11H,5-8H2. The van der Waals surface area contributed by atoms with Crippen LogP contribution in [0, 0.1) is 0 Å². The number of fused-ring (bicyclic) bond motifs is 1. The molecule has 0 spiro atoms. The van der Waals surface area contributed by atoms with Gasteiger partial charge in [-0.2, -0.15) is 13.2 Å². The molecule has 1 aliphatic rings. The number of hydrogen-bond acceptors (Lipinski definition) is 4. The van der Waals surface area contributed by atoms with Crippen molar-refractivity contribution in [3.05, 3.63) is 74.6 Å². The van der Waals surface area contributed by atoms with E-state index in [4.69, 9.17) is 27.9 Å². The highest BCUT2D eigenvalue weighted by Crippen LogP contribution is 2.37. The number of rotatable bonds is 5. The smallest absolute Gasteiger partial charge is 0.420 e. The monoisotopic (exact) mass is 486 g/mol. The van der Waals surface area contributed by atoms with Crippen LogP contribution in [0.15, 0.2) is 47.7 Å². The van der Waals surface area contributed by atoms with Gasteiger partial charge in [0.25, 0.3) is 11.5 Å². The fourth-order valence-electron chi connectivity index (χ4n) is 3.42. The largest absolute Gasteiger partial charge is 0.491 e. The zero-order valence-electron chi connectivity index (χ0n) is 16.3. The van der Waals surface area contributed by atoms with E-state index in [1.807, 2.05) is 0 Å². The minimum atomic E-state index is -4.63. The molecule has 0 radical (unpaired) electrons. The first kappa shape index (κ1) is 22.2. The molecular formula is C20H15Cl2F3N4O3. The average molecular weight is 487 g/mol. The van der Waals surface area contributed by atoms with Crippen LogP contribution in [0.1, 0.15) is 16.1 Å². The number of alkyl halides is 3. The van der Waals surface area contributed by atoms with Crippen LogP contribution in [0.3, 0.4) is 0 Å². The van der Waals surface area contributed by atoms with Crippen molar-refractivity contribution in [2.24, 2.45) is 0 Å². The topological polar surface area (TPSA) is 69.4 Å². The van der Waals surface area contributed by atoms with Crippen molar-refractivity contribution < 1.29 is 22.7 Å². The van der Waals surface area contributed by atoms with Gasteiger partial charge in [-0.15, -0.1) is 0 Å². The summed E-state index contributed by atoms with van der Waals surface area (Å²) in [7, 11) is 0. The number of carbonyl (C=O) groups excluding carboxylic acids is 1. The quantitative estimate of drug-likeness (QED) is 0.548. The number of ether oxygens (including phenoxy) is 1. The van der Waals surface area contributed by atoms with Gasteiger partial charge in [0.1, 0.15) is 35.2 Å². The molecule has 0 unspecified atom stereocenters. The van der Waals surface area contributed by atoms with Crippen LogP contribution in [0.2, 0.25) is 10.2 Å². The maximum absolute atomic E-state index is 13.2. The van der Waals surface area contributed by atoms with Crippen molar-refractivity contribution in [1.29, 1.82) is 0 Å². The second-order valence-electron chi connectivity index (χ2n) is 6.94. The first-order valence-corrected chi connectivity index (χ1v) is 10.1. The number of pyridine rings is 1. The highest BCUT2D eigenvalue weighted by molar-refractivity contribution is 6.30. The van der Waals surface area contributed by atoms with Crippen LogP contribution in [0.5, 0.6) is 5.75 Å². The first-order chi connectivity index (χ1) is 15.1. The van der Waals surface area contributed by atoms with E-state index >= 15 is 0 Å². The van der Waals surface area contributed by atoms with Gasteiger partial charge in [0, 0.05) is 24.3 Å². The third-order valence-corrected chi connectivity index (χ3v) is 5.38. The van der Waals surface area contributed by atoms with Crippen molar-refractivity contribution in [2.45, 2.75) is 12.7 Å². The molecule has 0 N–H and O–H groups in total. The lowest BCUT2D eigenvalue weighted by Crippen LogP contribution is -2.46. The molecule has 168 valence electrons. The molecule has 0 saturated carbocycles. The Hall–Kier alpha value is -2.98. The minimum Gasteiger partial charge on any atom is -0.491 e. The molecule has 3 aromatic rings. The van der Waals surface area contributed by atoms with Gasteiger partial charge in [-0.3, -0.25) is 14.2 Å². The number of carbonyl (C=O) groups is 1. The van der Waals surface area contributed by atoms with Crippen LogP contribution >= 0.6 is 23.2 Å². The predicted molar refractivity (Wildman–Crippen MR) is 111 cm³/mol. The maximum Gasteiger partial charge on any atom is 0.420 e. The van der Waals surface area contributed by atoms with E-state index in [0.717, 1.165) is 12.1 Å². The predicted octanol–water partition coefficient (Wildman–Crippen LogP) is 3.89. The lowest BCUT2D eigenvalue weighted by atomic mass is 10.2. The molecule has 4 rings (SSSR count). The van der Waals surface area contributed by atoms with Crippen molar-refractivity contribution in [3.8, 4) is 11.4 Å². The first-order valence-electron chi connectivity index (χ1n) is 9.37. The van der Waals surface area contributed by atoms with E-state index in [-0.39, 0.29) is 53.4 Å². The molecule has 2 aromatic heterocycles. The van der Waals surface area contributed by atoms with Crippen LogP contribution < -0.4 is 10.3 Å². The van der Waals surface area contributed by atoms with Crippen LogP contribution in [-0.2, 0) is 12.7 Å². The number of aromatic nitrogens is 3. The van der Waals surface area contributed by atoms with Gasteiger partial charge in [0.05, 0.1) is 12.1 Å². The maximum atomic E-state index is 13.2. The van der Waals surface area contributed by atoms with E-state index in [1.165, 1.54) is 44.8 Å². The Morgan fingerprint density at radius 2 is 1.88 bits per heavy atom. The van der Waals surface area contributed by atoms with E-state index < -0.39 is 17.6 Å². The summed E-state index contributed by atoms with van der Waals surface area (Å²) in [5.74, 6) is -0.786. The molecule has 1 aliphatic heterocycles. The fraction of sp³-hybridized carbons (Fsp3) is 0.250. The summed E-state index contributed by atoms with van der Waals surface area (Å²) < 4.78 is 47.7. The third kappa shape index (κ3) is 4.33. The Morgan fingerprint density at radius 1 is 1.09 bits per heavy atom. The molecule has 0 aliphatic carbocycles. The summed E-state index contributed by atoms with van der Waals surface area (Å²) in [6.07, 6.45) is -1.75. The van der Waals surface area contributed by atoms with Gasteiger partial charge < -0.3 is 14.2 Å². The fourth-order valence-corrected chi connectivity index (χ4v) is 3.74. The second-order valence-corrected chi connectivity index (χ2v) is 7.77. The van der Waals surface area contributed by atoms with Gasteiger partial charge >= 0.3 is 6.18 Å². The summed E-state index contributed by atoms with van der Waals surface area (Å²) in [6, 6.07) is 6.23. The van der Waals surface area contributed by atoms with Crippen LogP contribution in [0.4, 0.5) is 13.2 Å². The van der Waals surface area contributed by atoms with E-state index in [2.05, 4.69) is 4.98 Å². The van der Waals surface area contributed by atoms with E-state index in [1.54, 1.807) is 0 Å². The number of benzene rings is 1. The van der Waals surface area contributed by atoms with Gasteiger partial charge in [-0.25, -0.2) is 4.98 Å². The molecule has 1 aromatic carbocycles. The zero-order chi connectivity index (χ0) is 23.0. The Labute approximate surface area is 189 Å². The molecule has 12 heteroatoms. The van der Waals surface area contributed by atoms with E-state index in [0.29, 0.717) is 5.69 Å². The number of hydrogen-bond donors (Lipinski definition) is 0. The van der Waals surface area contributed by atoms with Gasteiger partial charge in [-0.1, -0.05) is 23.2 Å². The average Bonchev–Trinajstić information content (AvgIpc) is 3.16. The highest BCUT2D eigenvalue weighted by Gasteiger charge is 2.35. The van der Waals surface area contributed by atoms with Crippen molar-refractivity contribution in [2.75, 3.05) is 19.7 Å². The third-order valence-electron chi connectivity index (χ3n) is 4.95. The Balaban J connectivity index is 1.47. The molecular weight excluding hydrogens is 472 g/mol. The summed E-state index contributed by atoms with van der Waals surface area (Å²) in [5, 5.41) is 0.166. The van der Waals surface area contributed by atoms with Crippen LogP contribution in [-0.4, -0.2) is 44.6 Å². The van der Waals surface area contributed by atoms with Crippen molar-refractivity contribution in [3.63, 3.8) is 0 Å². The van der Waals surface area contributed by atoms with Crippen molar-refractivity contribution in [1.82, 2.24) is 19.0 Å². The molecule has 0 saturated heterocycles. The number of amides is 1. The Bertz CT molecular complexity index is 1240. The molecule has 0 bridgehead atoms. The van der Waals surface area contributed by atoms with E-state index in [9.17, 15) is 22.8 Å². The Morgan fingerprint density at radius 3 is 2.56 bits per heavy atom. The summed E-state index contributed by atoms with van der Waals surface area (Å²) in [5.41, 5.74) is -0.894. The number of imidazole rings is 1. The normalized spacial score (nSPS) is 13.9. The van der Waals surface area contributed by atoms with Crippen LogP contribution in [0.25, 0.3) is 5.69 Å². The molecule has 0 atom stereocenters. The lowest BCUT2D eigenvalue weighted by Gasteiger charge is -2.29. The highest BCUT2D eigenvalue weighted by atomic mass is 35.5. The summed E-state index contributed by atoms with van der Waals surface area (Å²) in [6.45, 7) is 0.318. The van der Waals surface area contributed by atoms with Crippen molar-refractivity contribution >= 4 is 29.1 Å². The minimum absolute atomic E-state index is 0.0474.